The quantitative estimate of drug-likeness (QED) is 0.402. The van der Waals surface area contributed by atoms with Crippen LogP contribution in [0.25, 0.3) is 0 Å². The summed E-state index contributed by atoms with van der Waals surface area (Å²) >= 11 is 0. The number of hydrogen-bond donors (Lipinski definition) is 0. The van der Waals surface area contributed by atoms with Gasteiger partial charge in [0.25, 0.3) is 0 Å². The third-order valence-electron chi connectivity index (χ3n) is 1.99. The summed E-state index contributed by atoms with van der Waals surface area (Å²) in [5.41, 5.74) is 0.430. The highest BCUT2D eigenvalue weighted by Gasteiger charge is 2.49. The van der Waals surface area contributed by atoms with Crippen molar-refractivity contribution >= 4 is 5.97 Å². The number of methoxy groups -OCH3 is 1. The van der Waals surface area contributed by atoms with E-state index in [9.17, 15) is 13.6 Å². The summed E-state index contributed by atoms with van der Waals surface area (Å²) in [6, 6.07) is 0. The Hall–Kier alpha value is -1.39. The molecule has 0 fully saturated rings. The normalized spacial score (nSPS) is 12.8. The molecule has 0 aliphatic rings. The Morgan fingerprint density at radius 3 is 2.25 bits per heavy atom. The van der Waals surface area contributed by atoms with Crippen LogP contribution in [0.3, 0.4) is 0 Å². The van der Waals surface area contributed by atoms with Crippen LogP contribution < -0.4 is 0 Å². The molecule has 0 saturated heterocycles. The van der Waals surface area contributed by atoms with Crippen molar-refractivity contribution in [2.45, 2.75) is 32.3 Å². The largest absolute Gasteiger partial charge is 0.484 e. The van der Waals surface area contributed by atoms with E-state index >= 15 is 0 Å². The number of carbonyl (C=O) groups is 1. The molecule has 0 aromatic carbocycles. The van der Waals surface area contributed by atoms with Gasteiger partial charge in [-0.25, -0.2) is 4.79 Å². The van der Waals surface area contributed by atoms with Gasteiger partial charge in [-0.05, 0) is 18.9 Å². The van der Waals surface area contributed by atoms with Crippen LogP contribution in [0.4, 0.5) is 8.78 Å². The number of esters is 1. The van der Waals surface area contributed by atoms with Crippen LogP contribution in [0.1, 0.15) is 20.3 Å². The molecule has 0 bridgehead atoms. The number of hydrogen-bond acceptors (Lipinski definition) is 3. The molecule has 0 amide bonds. The Labute approximate surface area is 93.7 Å². The summed E-state index contributed by atoms with van der Waals surface area (Å²) in [6.07, 6.45) is -1.64. The topological polar surface area (TPSA) is 35.5 Å². The van der Waals surface area contributed by atoms with Gasteiger partial charge in [0.15, 0.2) is 6.10 Å². The molecule has 0 aliphatic carbocycles. The average Bonchev–Trinajstić information content (AvgIpc) is 2.23. The molecular weight excluding hydrogens is 218 g/mol. The lowest BCUT2D eigenvalue weighted by Crippen LogP contribution is -2.43. The Morgan fingerprint density at radius 1 is 1.44 bits per heavy atom. The second-order valence-electron chi connectivity index (χ2n) is 3.33. The maximum atomic E-state index is 13.4. The predicted octanol–water partition coefficient (Wildman–Crippen LogP) is 2.68. The van der Waals surface area contributed by atoms with Crippen LogP contribution in [0.2, 0.25) is 0 Å². The van der Waals surface area contributed by atoms with E-state index in [0.717, 1.165) is 7.11 Å². The molecular formula is C11H16F2O3. The van der Waals surface area contributed by atoms with Gasteiger partial charge in [-0.2, -0.15) is 8.78 Å². The zero-order valence-corrected chi connectivity index (χ0v) is 9.68. The molecule has 0 aromatic heterocycles. The third kappa shape index (κ3) is 3.32. The number of alkyl halides is 2. The Kier molecular flexibility index (Phi) is 5.14. The van der Waals surface area contributed by atoms with Crippen LogP contribution in [0.15, 0.2) is 24.5 Å². The van der Waals surface area contributed by atoms with Gasteiger partial charge < -0.3 is 9.47 Å². The van der Waals surface area contributed by atoms with E-state index in [1.165, 1.54) is 6.92 Å². The minimum Gasteiger partial charge on any atom is -0.484 e. The molecule has 0 N–H and O–H groups in total. The summed E-state index contributed by atoms with van der Waals surface area (Å²) in [5, 5.41) is 0. The van der Waals surface area contributed by atoms with Gasteiger partial charge in [-0.3, -0.25) is 0 Å². The van der Waals surface area contributed by atoms with Crippen molar-refractivity contribution in [1.29, 1.82) is 0 Å². The number of ether oxygens (including phenoxy) is 2. The van der Waals surface area contributed by atoms with Crippen molar-refractivity contribution in [3.05, 3.63) is 24.5 Å². The van der Waals surface area contributed by atoms with Gasteiger partial charge in [-0.1, -0.05) is 20.1 Å². The Bertz CT molecular complexity index is 298. The molecule has 1 atom stereocenters. The van der Waals surface area contributed by atoms with Crippen molar-refractivity contribution in [3.63, 3.8) is 0 Å². The molecule has 92 valence electrons. The molecule has 1 unspecified atom stereocenters. The van der Waals surface area contributed by atoms with Crippen molar-refractivity contribution in [2.24, 2.45) is 0 Å². The van der Waals surface area contributed by atoms with Gasteiger partial charge >= 0.3 is 11.9 Å². The summed E-state index contributed by atoms with van der Waals surface area (Å²) in [7, 11) is 0.899. The number of carbonyl (C=O) groups excluding carboxylic acids is 1. The minimum absolute atomic E-state index is 0.0374. The van der Waals surface area contributed by atoms with E-state index in [2.05, 4.69) is 17.9 Å². The van der Waals surface area contributed by atoms with Gasteiger partial charge in [0.1, 0.15) is 5.76 Å². The summed E-state index contributed by atoms with van der Waals surface area (Å²) in [4.78, 5) is 10.9. The fraction of sp³-hybridized carbons (Fsp3) is 0.545. The van der Waals surface area contributed by atoms with Gasteiger partial charge in [0.05, 0.1) is 7.11 Å². The van der Waals surface area contributed by atoms with Gasteiger partial charge in [0.2, 0.25) is 0 Å². The van der Waals surface area contributed by atoms with E-state index in [4.69, 9.17) is 4.74 Å². The fourth-order valence-corrected chi connectivity index (χ4v) is 0.954. The first kappa shape index (κ1) is 14.6. The molecule has 0 aromatic rings. The molecule has 3 nitrogen and oxygen atoms in total. The summed E-state index contributed by atoms with van der Waals surface area (Å²) in [6.45, 7) is 9.99. The molecule has 16 heavy (non-hydrogen) atoms. The van der Waals surface area contributed by atoms with Crippen molar-refractivity contribution in [1.82, 2.24) is 0 Å². The molecule has 0 radical (unpaired) electrons. The second-order valence-corrected chi connectivity index (χ2v) is 3.33. The van der Waals surface area contributed by atoms with E-state index in [0.29, 0.717) is 5.57 Å². The van der Waals surface area contributed by atoms with Crippen LogP contribution >= 0.6 is 0 Å². The smallest absolute Gasteiger partial charge is 0.380 e. The Balaban J connectivity index is 4.79. The monoisotopic (exact) mass is 234 g/mol. The van der Waals surface area contributed by atoms with Crippen LogP contribution in [-0.4, -0.2) is 25.1 Å². The summed E-state index contributed by atoms with van der Waals surface area (Å²) < 4.78 is 35.8. The highest BCUT2D eigenvalue weighted by atomic mass is 19.3. The number of rotatable bonds is 6. The van der Waals surface area contributed by atoms with Gasteiger partial charge in [-0.15, -0.1) is 0 Å². The molecule has 0 heterocycles. The molecule has 0 saturated carbocycles. The zero-order valence-electron chi connectivity index (χ0n) is 9.68. The van der Waals surface area contributed by atoms with Crippen LogP contribution in [0.5, 0.6) is 0 Å². The van der Waals surface area contributed by atoms with E-state index < -0.39 is 18.0 Å². The van der Waals surface area contributed by atoms with Crippen molar-refractivity contribution in [3.8, 4) is 0 Å². The third-order valence-corrected chi connectivity index (χ3v) is 1.99. The Morgan fingerprint density at radius 2 is 1.94 bits per heavy atom. The highest BCUT2D eigenvalue weighted by Crippen LogP contribution is 2.28. The van der Waals surface area contributed by atoms with E-state index in [1.807, 2.05) is 0 Å². The molecule has 0 rings (SSSR count). The molecule has 0 aliphatic heterocycles. The molecule has 0 spiro atoms. The average molecular weight is 234 g/mol. The van der Waals surface area contributed by atoms with E-state index in [1.54, 1.807) is 6.92 Å². The number of allylic oxidation sites excluding steroid dienone is 1. The first-order chi connectivity index (χ1) is 7.27. The van der Waals surface area contributed by atoms with Crippen molar-refractivity contribution in [2.75, 3.05) is 7.11 Å². The maximum Gasteiger partial charge on any atom is 0.380 e. The van der Waals surface area contributed by atoms with E-state index in [-0.39, 0.29) is 12.2 Å². The molecule has 5 heteroatoms. The SMILES string of the molecule is C=C(C)C(=C)OC(CC)C(F)(F)C(=O)OC. The first-order valence-corrected chi connectivity index (χ1v) is 4.75. The summed E-state index contributed by atoms with van der Waals surface area (Å²) in [5.74, 6) is -5.27. The second kappa shape index (κ2) is 5.63. The van der Waals surface area contributed by atoms with Crippen molar-refractivity contribution < 1.29 is 23.0 Å². The first-order valence-electron chi connectivity index (χ1n) is 4.75. The van der Waals surface area contributed by atoms with Crippen LogP contribution in [-0.2, 0) is 14.3 Å². The lowest BCUT2D eigenvalue weighted by molar-refractivity contribution is -0.187. The lowest BCUT2D eigenvalue weighted by atomic mass is 10.1. The highest BCUT2D eigenvalue weighted by molar-refractivity contribution is 5.78. The van der Waals surface area contributed by atoms with Gasteiger partial charge in [0, 0.05) is 0 Å². The standard InChI is InChI=1S/C11H16F2O3/c1-6-9(16-8(4)7(2)3)11(12,13)10(14)15-5/h9H,2,4,6H2,1,3,5H3. The predicted molar refractivity (Wildman–Crippen MR) is 56.1 cm³/mol. The lowest BCUT2D eigenvalue weighted by Gasteiger charge is -2.25. The minimum atomic E-state index is -3.69. The maximum absolute atomic E-state index is 13.4. The zero-order chi connectivity index (χ0) is 12.9. The fourth-order valence-electron chi connectivity index (χ4n) is 0.954. The number of halogens is 2. The van der Waals surface area contributed by atoms with Crippen LogP contribution in [0, 0.1) is 0 Å².